The average molecular weight is 685 g/mol. The van der Waals surface area contributed by atoms with Crippen molar-refractivity contribution in [3.05, 3.63) is 191 Å². The van der Waals surface area contributed by atoms with Gasteiger partial charge in [0.15, 0.2) is 17.5 Å². The molecular formula is C49H40N4. The Hall–Kier alpha value is -5.74. The fourth-order valence-corrected chi connectivity index (χ4v) is 11.6. The lowest BCUT2D eigenvalue weighted by molar-refractivity contribution is -0.0440. The van der Waals surface area contributed by atoms with Gasteiger partial charge in [0, 0.05) is 22.7 Å². The summed E-state index contributed by atoms with van der Waals surface area (Å²) in [6.45, 7) is 0. The molecule has 0 radical (unpaired) electrons. The van der Waals surface area contributed by atoms with Gasteiger partial charge in [-0.05, 0) is 107 Å². The van der Waals surface area contributed by atoms with E-state index in [1.54, 1.807) is 11.8 Å². The van der Waals surface area contributed by atoms with Crippen molar-refractivity contribution in [1.29, 1.82) is 0 Å². The van der Waals surface area contributed by atoms with Crippen LogP contribution in [0.15, 0.2) is 158 Å². The molecule has 0 saturated heterocycles. The van der Waals surface area contributed by atoms with Crippen LogP contribution in [-0.4, -0.2) is 19.9 Å². The first-order valence-corrected chi connectivity index (χ1v) is 19.3. The fourth-order valence-electron chi connectivity index (χ4n) is 11.6. The van der Waals surface area contributed by atoms with Gasteiger partial charge < -0.3 is 0 Å². The topological polar surface area (TPSA) is 51.6 Å². The maximum atomic E-state index is 5.21. The molecular weight excluding hydrogens is 645 g/mol. The lowest BCUT2D eigenvalue weighted by atomic mass is 9.38. The van der Waals surface area contributed by atoms with Crippen LogP contribution in [0.2, 0.25) is 0 Å². The molecule has 0 aliphatic heterocycles. The predicted octanol–water partition coefficient (Wildman–Crippen LogP) is 10.7. The van der Waals surface area contributed by atoms with Crippen LogP contribution < -0.4 is 0 Å². The molecule has 0 N–H and O–H groups in total. The van der Waals surface area contributed by atoms with Crippen LogP contribution in [0.4, 0.5) is 0 Å². The van der Waals surface area contributed by atoms with Gasteiger partial charge in [-0.25, -0.2) is 15.0 Å². The zero-order valence-corrected chi connectivity index (χ0v) is 29.6. The van der Waals surface area contributed by atoms with Crippen molar-refractivity contribution in [2.24, 2.45) is 23.7 Å². The highest BCUT2D eigenvalue weighted by atomic mass is 15.0. The molecule has 5 aliphatic carbocycles. The van der Waals surface area contributed by atoms with Crippen LogP contribution >= 0.6 is 0 Å². The number of pyridine rings is 1. The van der Waals surface area contributed by atoms with E-state index in [4.69, 9.17) is 15.0 Å². The normalized spacial score (nSPS) is 24.5. The smallest absolute Gasteiger partial charge is 0.182 e. The summed E-state index contributed by atoms with van der Waals surface area (Å²) in [5.41, 5.74) is 10.5. The van der Waals surface area contributed by atoms with Gasteiger partial charge in [0.05, 0.1) is 5.41 Å². The van der Waals surface area contributed by atoms with Crippen LogP contribution in [0.5, 0.6) is 0 Å². The van der Waals surface area contributed by atoms with Crippen molar-refractivity contribution in [2.45, 2.75) is 42.9 Å². The van der Waals surface area contributed by atoms with E-state index in [0.29, 0.717) is 29.3 Å². The standard InChI is InChI=1S/C49H40N4/c1-4-14-34(15-5-1)45-51-46(53-47(52-45)44-22-12-13-25-50-44)35-23-24-42-43(31-35)48(36-16-6-2-7-17-36,37-18-8-3-9-19-37)40-20-10-11-21-41(40)49(42)38-27-32-26-33(29-38)30-39(49)28-32/h1-25,31-33,38-39H,26-30H2. The van der Waals surface area contributed by atoms with E-state index in [0.717, 1.165) is 28.7 Å². The minimum atomic E-state index is -0.538. The number of hydrogen-bond acceptors (Lipinski definition) is 4. The maximum absolute atomic E-state index is 5.21. The molecule has 0 atom stereocenters. The molecule has 53 heavy (non-hydrogen) atoms. The second kappa shape index (κ2) is 11.9. The van der Waals surface area contributed by atoms with Crippen molar-refractivity contribution in [3.8, 4) is 34.3 Å². The third-order valence-corrected chi connectivity index (χ3v) is 13.3. The van der Waals surface area contributed by atoms with E-state index in [1.807, 2.05) is 36.4 Å². The van der Waals surface area contributed by atoms with Crippen molar-refractivity contribution < 1.29 is 0 Å². The van der Waals surface area contributed by atoms with Crippen LogP contribution in [0.3, 0.4) is 0 Å². The lowest BCUT2D eigenvalue weighted by Crippen LogP contribution is -2.59. The van der Waals surface area contributed by atoms with E-state index < -0.39 is 5.41 Å². The third kappa shape index (κ3) is 4.48. The molecule has 256 valence electrons. The Balaban J connectivity index is 1.23. The van der Waals surface area contributed by atoms with Crippen LogP contribution in [0.1, 0.15) is 65.5 Å². The Labute approximate surface area is 311 Å². The molecule has 0 unspecified atom stereocenters. The summed E-state index contributed by atoms with van der Waals surface area (Å²) < 4.78 is 0. The summed E-state index contributed by atoms with van der Waals surface area (Å²) in [5.74, 6) is 4.87. The van der Waals surface area contributed by atoms with Gasteiger partial charge in [-0.15, -0.1) is 0 Å². The SMILES string of the molecule is c1ccc(-c2nc(-c3ccc4c(c3)C(c3ccccc3)(c3ccccc3)c3ccccc3C43C4CC5CC(C4)CC3C5)nc(-c3ccccn3)n2)cc1. The second-order valence-electron chi connectivity index (χ2n) is 15.8. The zero-order chi connectivity index (χ0) is 35.0. The van der Waals surface area contributed by atoms with Crippen LogP contribution in [0, 0.1) is 23.7 Å². The van der Waals surface area contributed by atoms with Crippen molar-refractivity contribution in [3.63, 3.8) is 0 Å². The summed E-state index contributed by atoms with van der Waals surface area (Å²) >= 11 is 0. The van der Waals surface area contributed by atoms with Crippen molar-refractivity contribution in [1.82, 2.24) is 19.9 Å². The molecule has 4 saturated carbocycles. The summed E-state index contributed by atoms with van der Waals surface area (Å²) in [5, 5.41) is 0. The Kier molecular flexibility index (Phi) is 6.92. The molecule has 4 fully saturated rings. The Bertz CT molecular complexity index is 2340. The minimum absolute atomic E-state index is 0.0294. The fraction of sp³-hybridized carbons (Fsp3) is 0.224. The number of aromatic nitrogens is 4. The molecule has 2 aromatic heterocycles. The van der Waals surface area contributed by atoms with Crippen LogP contribution in [-0.2, 0) is 10.8 Å². The van der Waals surface area contributed by atoms with E-state index in [2.05, 4.69) is 120 Å². The largest absolute Gasteiger partial charge is 0.253 e. The number of benzene rings is 5. The van der Waals surface area contributed by atoms with Gasteiger partial charge in [-0.3, -0.25) is 4.98 Å². The van der Waals surface area contributed by atoms with E-state index in [-0.39, 0.29) is 5.41 Å². The number of nitrogens with zero attached hydrogens (tertiary/aromatic N) is 4. The molecule has 1 spiro atoms. The Morgan fingerprint density at radius 2 is 0.943 bits per heavy atom. The number of fused-ring (bicyclic) bond motifs is 2. The molecule has 12 rings (SSSR count). The highest BCUT2D eigenvalue weighted by molar-refractivity contribution is 5.75. The van der Waals surface area contributed by atoms with E-state index >= 15 is 0 Å². The molecule has 5 aliphatic rings. The summed E-state index contributed by atoms with van der Waals surface area (Å²) in [4.78, 5) is 20.0. The van der Waals surface area contributed by atoms with Gasteiger partial charge in [0.2, 0.25) is 0 Å². The molecule has 2 heterocycles. The summed E-state index contributed by atoms with van der Waals surface area (Å²) in [7, 11) is 0. The Morgan fingerprint density at radius 1 is 0.415 bits per heavy atom. The van der Waals surface area contributed by atoms with Gasteiger partial charge in [-0.1, -0.05) is 133 Å². The summed E-state index contributed by atoms with van der Waals surface area (Å²) in [6, 6.07) is 55.4. The van der Waals surface area contributed by atoms with Crippen molar-refractivity contribution in [2.75, 3.05) is 0 Å². The first kappa shape index (κ1) is 30.8. The second-order valence-corrected chi connectivity index (χ2v) is 15.8. The number of rotatable bonds is 5. The lowest BCUT2D eigenvalue weighted by Gasteiger charge is -2.65. The molecule has 0 amide bonds. The first-order valence-electron chi connectivity index (χ1n) is 19.3. The van der Waals surface area contributed by atoms with E-state index in [9.17, 15) is 0 Å². The van der Waals surface area contributed by atoms with Gasteiger partial charge >= 0.3 is 0 Å². The first-order chi connectivity index (χ1) is 26.2. The molecule has 4 heteroatoms. The molecule has 4 bridgehead atoms. The van der Waals surface area contributed by atoms with Gasteiger partial charge in [-0.2, -0.15) is 0 Å². The Morgan fingerprint density at radius 3 is 1.57 bits per heavy atom. The van der Waals surface area contributed by atoms with Gasteiger partial charge in [0.1, 0.15) is 5.69 Å². The van der Waals surface area contributed by atoms with Gasteiger partial charge in [0.25, 0.3) is 0 Å². The molecule has 5 aromatic carbocycles. The minimum Gasteiger partial charge on any atom is -0.253 e. The highest BCUT2D eigenvalue weighted by Gasteiger charge is 2.63. The van der Waals surface area contributed by atoms with E-state index in [1.165, 1.54) is 59.9 Å². The maximum Gasteiger partial charge on any atom is 0.182 e. The molecule has 4 nitrogen and oxygen atoms in total. The zero-order valence-electron chi connectivity index (χ0n) is 29.6. The van der Waals surface area contributed by atoms with Crippen LogP contribution in [0.25, 0.3) is 34.3 Å². The predicted molar refractivity (Wildman–Crippen MR) is 210 cm³/mol. The monoisotopic (exact) mass is 684 g/mol. The number of hydrogen-bond donors (Lipinski definition) is 0. The highest BCUT2D eigenvalue weighted by Crippen LogP contribution is 2.70. The quantitative estimate of drug-likeness (QED) is 0.181. The summed E-state index contributed by atoms with van der Waals surface area (Å²) in [6.07, 6.45) is 8.54. The van der Waals surface area contributed by atoms with Crippen molar-refractivity contribution >= 4 is 0 Å². The average Bonchev–Trinajstić information content (AvgIpc) is 3.23. The molecule has 7 aromatic rings. The third-order valence-electron chi connectivity index (χ3n) is 13.3.